The number of benzene rings is 2. The van der Waals surface area contributed by atoms with Crippen molar-refractivity contribution in [2.75, 3.05) is 12.4 Å². The molecule has 202 valence electrons. The summed E-state index contributed by atoms with van der Waals surface area (Å²) in [5.74, 6) is 0.477. The minimum absolute atomic E-state index is 0.125. The van der Waals surface area contributed by atoms with E-state index < -0.39 is 29.7 Å². The second kappa shape index (κ2) is 10.2. The molecule has 3 atom stereocenters. The summed E-state index contributed by atoms with van der Waals surface area (Å²) >= 11 is 0. The third-order valence-corrected chi connectivity index (χ3v) is 7.61. The van der Waals surface area contributed by atoms with E-state index in [-0.39, 0.29) is 5.56 Å². The largest absolute Gasteiger partial charge is 0.388 e. The Morgan fingerprint density at radius 3 is 2.44 bits per heavy atom. The molecule has 0 aliphatic heterocycles. The van der Waals surface area contributed by atoms with E-state index in [0.717, 1.165) is 27.9 Å². The zero-order valence-electron chi connectivity index (χ0n) is 22.7. The number of nitrogens with zero attached hydrogens (tertiary/aromatic N) is 3. The van der Waals surface area contributed by atoms with Gasteiger partial charge in [-0.15, -0.1) is 0 Å². The third-order valence-electron chi connectivity index (χ3n) is 7.61. The lowest BCUT2D eigenvalue weighted by molar-refractivity contribution is -0.0730. The predicted molar refractivity (Wildman–Crippen MR) is 150 cm³/mol. The van der Waals surface area contributed by atoms with Crippen LogP contribution in [0, 0.1) is 6.92 Å². The number of pyridine rings is 1. The summed E-state index contributed by atoms with van der Waals surface area (Å²) in [4.78, 5) is 25.5. The first-order valence-electron chi connectivity index (χ1n) is 12.8. The molecule has 3 N–H and O–H groups in total. The fourth-order valence-corrected chi connectivity index (χ4v) is 5.58. The van der Waals surface area contributed by atoms with Crippen LogP contribution in [-0.4, -0.2) is 44.8 Å². The van der Waals surface area contributed by atoms with Crippen molar-refractivity contribution in [1.82, 2.24) is 19.7 Å². The van der Waals surface area contributed by atoms with Crippen LogP contribution in [0.1, 0.15) is 36.6 Å². The van der Waals surface area contributed by atoms with E-state index in [1.807, 2.05) is 75.4 Å². The number of carbonyl (C=O) groups is 1. The first-order valence-corrected chi connectivity index (χ1v) is 12.8. The molecule has 0 fully saturated rings. The maximum absolute atomic E-state index is 13.5. The number of rotatable bonds is 5. The van der Waals surface area contributed by atoms with Crippen molar-refractivity contribution in [3.05, 3.63) is 100.0 Å². The Morgan fingerprint density at radius 2 is 1.74 bits per heavy atom. The van der Waals surface area contributed by atoms with Crippen LogP contribution >= 0.6 is 0 Å². The van der Waals surface area contributed by atoms with Gasteiger partial charge in [0.15, 0.2) is 0 Å². The van der Waals surface area contributed by atoms with Gasteiger partial charge in [0.1, 0.15) is 11.9 Å². The highest BCUT2D eigenvalue weighted by Crippen LogP contribution is 2.43. The maximum atomic E-state index is 13.5. The Balaban J connectivity index is 1.52. The minimum Gasteiger partial charge on any atom is -0.388 e. The Kier molecular flexibility index (Phi) is 6.88. The van der Waals surface area contributed by atoms with Crippen LogP contribution < -0.4 is 16.2 Å². The number of para-hydroxylation sites is 1. The second-order valence-corrected chi connectivity index (χ2v) is 10.5. The molecule has 39 heavy (non-hydrogen) atoms. The molecule has 0 spiro atoms. The first-order chi connectivity index (χ1) is 18.6. The molecule has 9 heteroatoms. The van der Waals surface area contributed by atoms with Crippen LogP contribution in [0.5, 0.6) is 0 Å². The zero-order valence-corrected chi connectivity index (χ0v) is 22.7. The van der Waals surface area contributed by atoms with E-state index >= 15 is 0 Å². The molecule has 0 saturated carbocycles. The molecule has 2 heterocycles. The lowest BCUT2D eigenvalue weighted by Crippen LogP contribution is -2.55. The second-order valence-electron chi connectivity index (χ2n) is 10.5. The van der Waals surface area contributed by atoms with Gasteiger partial charge < -0.3 is 19.7 Å². The van der Waals surface area contributed by atoms with Crippen molar-refractivity contribution in [2.24, 2.45) is 7.05 Å². The van der Waals surface area contributed by atoms with Crippen molar-refractivity contribution in [3.63, 3.8) is 0 Å². The standard InChI is InChI=1S/C30H33N5O4/c1-18-24(19-15-16-23(36)34(4)17-19)33-35(20-11-7-6-8-12-20)28(18)32-29(38)31-25-21-13-9-10-14-22(21)30(2,3)27(39-5)26(25)37/h6-17,25-27,37H,1-5H3,(H2,31,32,38)/t25-,26+,27+/m1/s1. The average Bonchev–Trinajstić information content (AvgIpc) is 3.24. The fraction of sp³-hybridized carbons (Fsp3) is 0.300. The van der Waals surface area contributed by atoms with Gasteiger partial charge >= 0.3 is 6.03 Å². The van der Waals surface area contributed by atoms with E-state index in [9.17, 15) is 14.7 Å². The van der Waals surface area contributed by atoms with Crippen molar-refractivity contribution in [3.8, 4) is 16.9 Å². The summed E-state index contributed by atoms with van der Waals surface area (Å²) in [5, 5.41) is 22.1. The molecule has 1 aliphatic rings. The van der Waals surface area contributed by atoms with Crippen LogP contribution in [0.2, 0.25) is 0 Å². The first kappa shape index (κ1) is 26.4. The van der Waals surface area contributed by atoms with Gasteiger partial charge in [-0.2, -0.15) is 5.10 Å². The number of methoxy groups -OCH3 is 1. The molecular weight excluding hydrogens is 494 g/mol. The number of carbonyl (C=O) groups excluding carboxylic acids is 1. The van der Waals surface area contributed by atoms with Gasteiger partial charge in [-0.1, -0.05) is 56.3 Å². The van der Waals surface area contributed by atoms with E-state index in [0.29, 0.717) is 11.5 Å². The molecular formula is C30H33N5O4. The number of fused-ring (bicyclic) bond motifs is 1. The molecule has 0 radical (unpaired) electrons. The van der Waals surface area contributed by atoms with Gasteiger partial charge in [-0.25, -0.2) is 9.48 Å². The number of aliphatic hydroxyl groups excluding tert-OH is 1. The van der Waals surface area contributed by atoms with Crippen molar-refractivity contribution < 1.29 is 14.6 Å². The van der Waals surface area contributed by atoms with E-state index in [1.54, 1.807) is 31.1 Å². The van der Waals surface area contributed by atoms with E-state index in [4.69, 9.17) is 9.84 Å². The van der Waals surface area contributed by atoms with Crippen LogP contribution in [-0.2, 0) is 17.2 Å². The summed E-state index contributed by atoms with van der Waals surface area (Å²) in [5.41, 5.74) is 4.15. The van der Waals surface area contributed by atoms with E-state index in [1.165, 1.54) is 10.6 Å². The molecule has 5 rings (SSSR count). The molecule has 4 aromatic rings. The summed E-state index contributed by atoms with van der Waals surface area (Å²) in [6.45, 7) is 5.93. The number of ether oxygens (including phenoxy) is 1. The van der Waals surface area contributed by atoms with Gasteiger partial charge in [-0.05, 0) is 36.2 Å². The highest BCUT2D eigenvalue weighted by Gasteiger charge is 2.47. The van der Waals surface area contributed by atoms with Crippen LogP contribution in [0.15, 0.2) is 77.7 Å². The highest BCUT2D eigenvalue weighted by atomic mass is 16.5. The van der Waals surface area contributed by atoms with Gasteiger partial charge in [0, 0.05) is 43.0 Å². The van der Waals surface area contributed by atoms with Gasteiger partial charge in [0.25, 0.3) is 0 Å². The molecule has 0 unspecified atom stereocenters. The van der Waals surface area contributed by atoms with Crippen molar-refractivity contribution in [1.29, 1.82) is 0 Å². The number of nitrogens with one attached hydrogen (secondary N) is 2. The lowest BCUT2D eigenvalue weighted by atomic mass is 9.67. The number of aliphatic hydroxyl groups is 1. The smallest absolute Gasteiger partial charge is 0.320 e. The molecule has 9 nitrogen and oxygen atoms in total. The zero-order chi connectivity index (χ0) is 27.9. The Morgan fingerprint density at radius 1 is 1.05 bits per heavy atom. The number of aromatic nitrogens is 3. The number of hydrogen-bond donors (Lipinski definition) is 3. The van der Waals surface area contributed by atoms with Crippen molar-refractivity contribution in [2.45, 2.75) is 44.4 Å². The predicted octanol–water partition coefficient (Wildman–Crippen LogP) is 4.08. The summed E-state index contributed by atoms with van der Waals surface area (Å²) in [7, 11) is 3.26. The maximum Gasteiger partial charge on any atom is 0.320 e. The number of urea groups is 1. The molecule has 0 bridgehead atoms. The highest BCUT2D eigenvalue weighted by molar-refractivity contribution is 5.91. The van der Waals surface area contributed by atoms with E-state index in [2.05, 4.69) is 10.6 Å². The monoisotopic (exact) mass is 527 g/mol. The summed E-state index contributed by atoms with van der Waals surface area (Å²) in [6, 6.07) is 19.3. The van der Waals surface area contributed by atoms with Gasteiger partial charge in [-0.3, -0.25) is 10.1 Å². The summed E-state index contributed by atoms with van der Waals surface area (Å²) in [6.07, 6.45) is 0.233. The molecule has 2 amide bonds. The van der Waals surface area contributed by atoms with Crippen LogP contribution in [0.25, 0.3) is 16.9 Å². The number of hydrogen-bond acceptors (Lipinski definition) is 5. The average molecular weight is 528 g/mol. The minimum atomic E-state index is -0.966. The number of amides is 2. The quantitative estimate of drug-likeness (QED) is 0.362. The van der Waals surface area contributed by atoms with Crippen LogP contribution in [0.4, 0.5) is 10.6 Å². The third kappa shape index (κ3) is 4.64. The Labute approximate surface area is 227 Å². The SMILES string of the molecule is CO[C@H]1[C@@H](O)[C@H](NC(=O)Nc2c(C)c(-c3ccc(=O)n(C)c3)nn2-c2ccccc2)c2ccccc2C1(C)C. The normalized spacial score (nSPS) is 19.8. The van der Waals surface area contributed by atoms with Gasteiger partial charge in [0.2, 0.25) is 5.56 Å². The topological polar surface area (TPSA) is 110 Å². The molecule has 2 aromatic carbocycles. The fourth-order valence-electron chi connectivity index (χ4n) is 5.58. The molecule has 2 aromatic heterocycles. The Bertz CT molecular complexity index is 1570. The molecule has 0 saturated heterocycles. The number of anilines is 1. The van der Waals surface area contributed by atoms with Gasteiger partial charge in [0.05, 0.1) is 23.5 Å². The van der Waals surface area contributed by atoms with Crippen LogP contribution in [0.3, 0.4) is 0 Å². The number of aryl methyl sites for hydroxylation is 1. The summed E-state index contributed by atoms with van der Waals surface area (Å²) < 4.78 is 8.87. The molecule has 1 aliphatic carbocycles. The lowest BCUT2D eigenvalue weighted by Gasteiger charge is -2.46. The van der Waals surface area contributed by atoms with Crippen molar-refractivity contribution >= 4 is 11.8 Å². The Hall–Kier alpha value is -4.21.